The molecule has 0 fully saturated rings. The molecule has 0 saturated heterocycles. The highest BCUT2D eigenvalue weighted by atomic mass is 79.9. The monoisotopic (exact) mass is 322 g/mol. The van der Waals surface area contributed by atoms with Gasteiger partial charge < -0.3 is 10.4 Å². The number of hydrogen-bond acceptors (Lipinski definition) is 3. The number of pyridine rings is 1. The predicted octanol–water partition coefficient (Wildman–Crippen LogP) is 2.17. The Morgan fingerprint density at radius 1 is 1.32 bits per heavy atom. The van der Waals surface area contributed by atoms with Gasteiger partial charge in [-0.1, -0.05) is 18.2 Å². The van der Waals surface area contributed by atoms with E-state index in [1.165, 1.54) is 6.07 Å². The van der Waals surface area contributed by atoms with Crippen molar-refractivity contribution in [2.75, 3.05) is 5.32 Å². The summed E-state index contributed by atoms with van der Waals surface area (Å²) in [6.07, 6.45) is 0.964. The second kappa shape index (κ2) is 4.11. The number of nitrogens with one attached hydrogen (secondary N) is 1. The molecule has 1 amide bonds. The van der Waals surface area contributed by atoms with Gasteiger partial charge in [0, 0.05) is 16.8 Å². The van der Waals surface area contributed by atoms with Crippen molar-refractivity contribution in [3.63, 3.8) is 0 Å². The zero-order valence-corrected chi connectivity index (χ0v) is 11.1. The fourth-order valence-electron chi connectivity index (χ4n) is 2.20. The molecular formula is C13H8BrFN2O2. The van der Waals surface area contributed by atoms with Crippen LogP contribution in [0.4, 0.5) is 10.1 Å². The van der Waals surface area contributed by atoms with Crippen LogP contribution in [0.3, 0.4) is 0 Å². The molecule has 0 aliphatic carbocycles. The number of halogens is 2. The number of para-hydroxylation sites is 1. The van der Waals surface area contributed by atoms with E-state index >= 15 is 0 Å². The zero-order valence-electron chi connectivity index (χ0n) is 9.52. The van der Waals surface area contributed by atoms with Crippen molar-refractivity contribution in [1.29, 1.82) is 0 Å². The van der Waals surface area contributed by atoms with Crippen molar-refractivity contribution in [1.82, 2.24) is 4.98 Å². The molecule has 2 N–H and O–H groups in total. The van der Waals surface area contributed by atoms with Crippen LogP contribution in [0.25, 0.3) is 0 Å². The van der Waals surface area contributed by atoms with E-state index < -0.39 is 17.3 Å². The number of carbonyl (C=O) groups excluding carboxylic acids is 1. The maximum Gasteiger partial charge on any atom is 0.265 e. The average Bonchev–Trinajstić information content (AvgIpc) is 2.66. The molecule has 3 rings (SSSR count). The van der Waals surface area contributed by atoms with Gasteiger partial charge in [-0.25, -0.2) is 9.37 Å². The molecule has 0 bridgehead atoms. The van der Waals surface area contributed by atoms with Gasteiger partial charge in [0.1, 0.15) is 10.4 Å². The van der Waals surface area contributed by atoms with Gasteiger partial charge in [-0.05, 0) is 28.1 Å². The third-order valence-electron chi connectivity index (χ3n) is 3.11. The number of amides is 1. The molecule has 6 heteroatoms. The number of benzene rings is 1. The van der Waals surface area contributed by atoms with Gasteiger partial charge in [-0.3, -0.25) is 4.79 Å². The van der Waals surface area contributed by atoms with Gasteiger partial charge in [-0.15, -0.1) is 0 Å². The fourth-order valence-corrected chi connectivity index (χ4v) is 2.53. The summed E-state index contributed by atoms with van der Waals surface area (Å²) in [6, 6.07) is 7.94. The van der Waals surface area contributed by atoms with Crippen LogP contribution in [-0.2, 0) is 10.4 Å². The molecule has 0 saturated carbocycles. The van der Waals surface area contributed by atoms with E-state index in [0.717, 1.165) is 6.20 Å². The molecule has 1 aliphatic heterocycles. The first-order chi connectivity index (χ1) is 9.03. The van der Waals surface area contributed by atoms with Crippen molar-refractivity contribution in [2.24, 2.45) is 0 Å². The maximum absolute atomic E-state index is 13.9. The average molecular weight is 323 g/mol. The van der Waals surface area contributed by atoms with Crippen LogP contribution < -0.4 is 5.32 Å². The highest BCUT2D eigenvalue weighted by molar-refractivity contribution is 9.10. The van der Waals surface area contributed by atoms with Gasteiger partial charge in [0.15, 0.2) is 5.60 Å². The Bertz CT molecular complexity index is 692. The number of hydrogen-bond donors (Lipinski definition) is 2. The van der Waals surface area contributed by atoms with Crippen molar-refractivity contribution in [3.8, 4) is 0 Å². The van der Waals surface area contributed by atoms with E-state index in [-0.39, 0.29) is 5.56 Å². The predicted molar refractivity (Wildman–Crippen MR) is 70.0 cm³/mol. The second-order valence-electron chi connectivity index (χ2n) is 4.20. The quantitative estimate of drug-likeness (QED) is 0.791. The van der Waals surface area contributed by atoms with Crippen LogP contribution in [-0.4, -0.2) is 16.0 Å². The highest BCUT2D eigenvalue weighted by Gasteiger charge is 2.48. The minimum atomic E-state index is -2.04. The lowest BCUT2D eigenvalue weighted by atomic mass is 9.88. The van der Waals surface area contributed by atoms with Crippen molar-refractivity contribution >= 4 is 27.5 Å². The molecule has 0 spiro atoms. The lowest BCUT2D eigenvalue weighted by Crippen LogP contribution is -2.36. The summed E-state index contributed by atoms with van der Waals surface area (Å²) in [5.74, 6) is -1.41. The van der Waals surface area contributed by atoms with E-state index in [9.17, 15) is 14.3 Å². The summed E-state index contributed by atoms with van der Waals surface area (Å²) >= 11 is 3.11. The Morgan fingerprint density at radius 2 is 2.05 bits per heavy atom. The molecule has 4 nitrogen and oxygen atoms in total. The van der Waals surface area contributed by atoms with Crippen LogP contribution in [0, 0.1) is 5.82 Å². The summed E-state index contributed by atoms with van der Waals surface area (Å²) in [7, 11) is 0. The van der Waals surface area contributed by atoms with Crippen LogP contribution in [0.1, 0.15) is 11.1 Å². The number of fused-ring (bicyclic) bond motifs is 1. The van der Waals surface area contributed by atoms with Crippen molar-refractivity contribution in [2.45, 2.75) is 5.60 Å². The van der Waals surface area contributed by atoms with Crippen LogP contribution in [0.2, 0.25) is 0 Å². The minimum absolute atomic E-state index is 0.128. The lowest BCUT2D eigenvalue weighted by Gasteiger charge is -2.21. The highest BCUT2D eigenvalue weighted by Crippen LogP contribution is 2.41. The Morgan fingerprint density at radius 3 is 2.84 bits per heavy atom. The molecule has 1 aromatic carbocycles. The Balaban J connectivity index is 2.28. The van der Waals surface area contributed by atoms with Gasteiger partial charge >= 0.3 is 0 Å². The first kappa shape index (κ1) is 12.3. The Labute approximate surface area is 116 Å². The number of carbonyl (C=O) groups is 1. The molecule has 0 radical (unpaired) electrons. The number of aliphatic hydroxyl groups is 1. The molecule has 1 aromatic heterocycles. The third-order valence-corrected chi connectivity index (χ3v) is 3.54. The maximum atomic E-state index is 13.9. The van der Waals surface area contributed by atoms with E-state index in [0.29, 0.717) is 15.9 Å². The summed E-state index contributed by atoms with van der Waals surface area (Å²) < 4.78 is 14.3. The van der Waals surface area contributed by atoms with Gasteiger partial charge in [-0.2, -0.15) is 0 Å². The van der Waals surface area contributed by atoms with Crippen LogP contribution in [0.15, 0.2) is 41.1 Å². The van der Waals surface area contributed by atoms with E-state index in [4.69, 9.17) is 0 Å². The molecule has 1 unspecified atom stereocenters. The van der Waals surface area contributed by atoms with E-state index in [1.54, 1.807) is 24.3 Å². The van der Waals surface area contributed by atoms with Crippen molar-refractivity contribution in [3.05, 3.63) is 58.1 Å². The van der Waals surface area contributed by atoms with E-state index in [2.05, 4.69) is 26.2 Å². The molecule has 1 aliphatic rings. The second-order valence-corrected chi connectivity index (χ2v) is 5.01. The summed E-state index contributed by atoms with van der Waals surface area (Å²) in [4.78, 5) is 15.8. The molecule has 2 heterocycles. The standard InChI is InChI=1S/C13H8BrFN2O2/c14-11-5-8(9(15)6-16-11)13(19)7-3-1-2-4-10(7)17-12(13)18/h1-6,19H,(H,17,18). The number of nitrogens with zero attached hydrogens (tertiary/aromatic N) is 1. The molecule has 1 atom stereocenters. The SMILES string of the molecule is O=C1Nc2ccccc2C1(O)c1cc(Br)ncc1F. The minimum Gasteiger partial charge on any atom is -0.372 e. The summed E-state index contributed by atoms with van der Waals surface area (Å²) in [5.41, 5.74) is -1.36. The third kappa shape index (κ3) is 1.67. The Hall–Kier alpha value is -1.79. The normalized spacial score (nSPS) is 21.1. The summed E-state index contributed by atoms with van der Waals surface area (Å²) in [6.45, 7) is 0. The molecule has 2 aromatic rings. The lowest BCUT2D eigenvalue weighted by molar-refractivity contribution is -0.129. The number of rotatable bonds is 1. The molecular weight excluding hydrogens is 315 g/mol. The smallest absolute Gasteiger partial charge is 0.265 e. The van der Waals surface area contributed by atoms with Crippen LogP contribution >= 0.6 is 15.9 Å². The molecule has 96 valence electrons. The Kier molecular flexibility index (Phi) is 2.65. The number of aromatic nitrogens is 1. The van der Waals surface area contributed by atoms with Gasteiger partial charge in [0.2, 0.25) is 0 Å². The van der Waals surface area contributed by atoms with E-state index in [1.807, 2.05) is 0 Å². The zero-order chi connectivity index (χ0) is 13.6. The number of anilines is 1. The first-order valence-electron chi connectivity index (χ1n) is 5.48. The summed E-state index contributed by atoms with van der Waals surface area (Å²) in [5, 5.41) is 13.2. The van der Waals surface area contributed by atoms with Gasteiger partial charge in [0.25, 0.3) is 5.91 Å². The van der Waals surface area contributed by atoms with Crippen LogP contribution in [0.5, 0.6) is 0 Å². The fraction of sp³-hybridized carbons (Fsp3) is 0.0769. The van der Waals surface area contributed by atoms with Crippen molar-refractivity contribution < 1.29 is 14.3 Å². The topological polar surface area (TPSA) is 62.2 Å². The largest absolute Gasteiger partial charge is 0.372 e. The van der Waals surface area contributed by atoms with Gasteiger partial charge in [0.05, 0.1) is 6.20 Å². The molecule has 19 heavy (non-hydrogen) atoms. The first-order valence-corrected chi connectivity index (χ1v) is 6.27.